The number of hydrogen-bond donors (Lipinski definition) is 0. The molecule has 0 radical (unpaired) electrons. The second-order valence-electron chi connectivity index (χ2n) is 5.72. The molecule has 3 nitrogen and oxygen atoms in total. The van der Waals surface area contributed by atoms with E-state index in [-0.39, 0.29) is 0 Å². The zero-order valence-corrected chi connectivity index (χ0v) is 13.6. The maximum Gasteiger partial charge on any atom is 0.112 e. The number of aromatic nitrogens is 2. The van der Waals surface area contributed by atoms with Crippen LogP contribution in [0.5, 0.6) is 0 Å². The van der Waals surface area contributed by atoms with Crippen molar-refractivity contribution in [2.24, 2.45) is 0 Å². The number of nitrogens with zero attached hydrogens (tertiary/aromatic N) is 3. The number of imidazole rings is 1. The van der Waals surface area contributed by atoms with Crippen LogP contribution in [0, 0.1) is 0 Å². The summed E-state index contributed by atoms with van der Waals surface area (Å²) in [4.78, 5) is 7.03. The maximum atomic E-state index is 6.08. The van der Waals surface area contributed by atoms with E-state index in [1.165, 1.54) is 11.3 Å². The van der Waals surface area contributed by atoms with Gasteiger partial charge in [0.25, 0.3) is 0 Å². The van der Waals surface area contributed by atoms with Crippen molar-refractivity contribution in [3.05, 3.63) is 29.0 Å². The Kier molecular flexibility index (Phi) is 5.06. The average Bonchev–Trinajstić information content (AvgIpc) is 2.75. The first-order valence-corrected chi connectivity index (χ1v) is 7.71. The van der Waals surface area contributed by atoms with Crippen molar-refractivity contribution in [3.8, 4) is 0 Å². The van der Waals surface area contributed by atoms with Crippen molar-refractivity contribution in [1.82, 2.24) is 14.5 Å². The lowest BCUT2D eigenvalue weighted by atomic mass is 10.1. The Bertz CT molecular complexity index is 574. The van der Waals surface area contributed by atoms with Crippen LogP contribution in [-0.2, 0) is 6.54 Å². The van der Waals surface area contributed by atoms with Crippen LogP contribution in [0.2, 0.25) is 5.02 Å². The van der Waals surface area contributed by atoms with Gasteiger partial charge in [0, 0.05) is 17.5 Å². The number of aryl methyl sites for hydroxylation is 1. The topological polar surface area (TPSA) is 21.1 Å². The molecular formula is C16H24ClN3. The van der Waals surface area contributed by atoms with Crippen molar-refractivity contribution in [3.63, 3.8) is 0 Å². The van der Waals surface area contributed by atoms with Crippen molar-refractivity contribution < 1.29 is 0 Å². The molecule has 2 rings (SSSR count). The van der Waals surface area contributed by atoms with E-state index in [2.05, 4.69) is 43.5 Å². The average molecular weight is 294 g/mol. The minimum atomic E-state index is 0.473. The van der Waals surface area contributed by atoms with Gasteiger partial charge in [0.05, 0.1) is 11.0 Å². The Morgan fingerprint density at radius 3 is 2.75 bits per heavy atom. The van der Waals surface area contributed by atoms with Gasteiger partial charge in [0.2, 0.25) is 0 Å². The van der Waals surface area contributed by atoms with Crippen molar-refractivity contribution >= 4 is 22.6 Å². The molecule has 1 unspecified atom stereocenters. The Labute approximate surface area is 126 Å². The van der Waals surface area contributed by atoms with Crippen LogP contribution in [0.3, 0.4) is 0 Å². The molecule has 0 bridgehead atoms. The zero-order valence-electron chi connectivity index (χ0n) is 12.9. The summed E-state index contributed by atoms with van der Waals surface area (Å²) in [5.74, 6) is 1.66. The monoisotopic (exact) mass is 293 g/mol. The summed E-state index contributed by atoms with van der Waals surface area (Å²) in [7, 11) is 4.22. The van der Waals surface area contributed by atoms with Crippen molar-refractivity contribution in [2.45, 2.75) is 39.2 Å². The van der Waals surface area contributed by atoms with Gasteiger partial charge < -0.3 is 9.47 Å². The van der Waals surface area contributed by atoms with E-state index in [0.717, 1.165) is 36.5 Å². The Balaban J connectivity index is 2.36. The summed E-state index contributed by atoms with van der Waals surface area (Å²) >= 11 is 6.08. The van der Waals surface area contributed by atoms with Crippen LogP contribution < -0.4 is 0 Å². The fourth-order valence-electron chi connectivity index (χ4n) is 2.46. The van der Waals surface area contributed by atoms with Gasteiger partial charge in [-0.25, -0.2) is 4.98 Å². The second kappa shape index (κ2) is 6.59. The van der Waals surface area contributed by atoms with Gasteiger partial charge in [-0.3, -0.25) is 0 Å². The van der Waals surface area contributed by atoms with E-state index in [0.29, 0.717) is 5.92 Å². The molecule has 0 saturated heterocycles. The Hall–Kier alpha value is -1.06. The quantitative estimate of drug-likeness (QED) is 0.797. The lowest BCUT2D eigenvalue weighted by Gasteiger charge is -2.15. The molecular weight excluding hydrogens is 270 g/mol. The summed E-state index contributed by atoms with van der Waals surface area (Å²) in [6, 6.07) is 6.01. The molecule has 1 heterocycles. The lowest BCUT2D eigenvalue weighted by Crippen LogP contribution is -2.16. The van der Waals surface area contributed by atoms with E-state index >= 15 is 0 Å². The third kappa shape index (κ3) is 3.33. The van der Waals surface area contributed by atoms with E-state index in [9.17, 15) is 0 Å². The number of fused-ring (bicyclic) bond motifs is 1. The van der Waals surface area contributed by atoms with Gasteiger partial charge in [0.15, 0.2) is 0 Å². The van der Waals surface area contributed by atoms with Gasteiger partial charge in [-0.1, -0.05) is 25.4 Å². The summed E-state index contributed by atoms with van der Waals surface area (Å²) in [6.45, 7) is 6.55. The number of halogens is 1. The second-order valence-corrected chi connectivity index (χ2v) is 6.16. The molecule has 0 aliphatic carbocycles. The van der Waals surface area contributed by atoms with Crippen LogP contribution in [0.4, 0.5) is 0 Å². The molecule has 0 fully saturated rings. The number of rotatable bonds is 6. The Morgan fingerprint density at radius 2 is 2.10 bits per heavy atom. The lowest BCUT2D eigenvalue weighted by molar-refractivity contribution is 0.385. The van der Waals surface area contributed by atoms with Crippen molar-refractivity contribution in [2.75, 3.05) is 20.6 Å². The standard InChI is InChI=1S/C16H24ClN3/c1-5-12(2)16-18-14-11-13(17)7-8-15(14)20(16)10-6-9-19(3)4/h7-8,11-12H,5-6,9-10H2,1-4H3. The van der Waals surface area contributed by atoms with Crippen molar-refractivity contribution in [1.29, 1.82) is 0 Å². The van der Waals surface area contributed by atoms with Gasteiger partial charge in [-0.15, -0.1) is 0 Å². The highest BCUT2D eigenvalue weighted by atomic mass is 35.5. The van der Waals surface area contributed by atoms with Crippen LogP contribution in [0.1, 0.15) is 38.4 Å². The van der Waals surface area contributed by atoms with E-state index in [1.807, 2.05) is 12.1 Å². The molecule has 0 amide bonds. The van der Waals surface area contributed by atoms with Crippen LogP contribution in [-0.4, -0.2) is 35.1 Å². The number of benzene rings is 1. The smallest absolute Gasteiger partial charge is 0.112 e. The molecule has 1 aromatic heterocycles. The van der Waals surface area contributed by atoms with Gasteiger partial charge in [-0.2, -0.15) is 0 Å². The van der Waals surface area contributed by atoms with Crippen LogP contribution in [0.15, 0.2) is 18.2 Å². The molecule has 4 heteroatoms. The van der Waals surface area contributed by atoms with E-state index in [4.69, 9.17) is 16.6 Å². The minimum Gasteiger partial charge on any atom is -0.328 e. The fraction of sp³-hybridized carbons (Fsp3) is 0.562. The fourth-order valence-corrected chi connectivity index (χ4v) is 2.63. The summed E-state index contributed by atoms with van der Waals surface area (Å²) < 4.78 is 2.36. The first-order chi connectivity index (χ1) is 9.52. The van der Waals surface area contributed by atoms with E-state index < -0.39 is 0 Å². The molecule has 0 N–H and O–H groups in total. The number of hydrogen-bond acceptors (Lipinski definition) is 2. The highest BCUT2D eigenvalue weighted by Gasteiger charge is 2.15. The zero-order chi connectivity index (χ0) is 14.7. The molecule has 0 spiro atoms. The highest BCUT2D eigenvalue weighted by molar-refractivity contribution is 6.31. The molecule has 110 valence electrons. The third-order valence-corrected chi connectivity index (χ3v) is 4.02. The van der Waals surface area contributed by atoms with Gasteiger partial charge in [-0.05, 0) is 51.7 Å². The normalized spacial score (nSPS) is 13.3. The largest absolute Gasteiger partial charge is 0.328 e. The molecule has 1 atom stereocenters. The molecule has 20 heavy (non-hydrogen) atoms. The first-order valence-electron chi connectivity index (χ1n) is 7.33. The Morgan fingerprint density at radius 1 is 1.35 bits per heavy atom. The first kappa shape index (κ1) is 15.3. The molecule has 0 saturated carbocycles. The van der Waals surface area contributed by atoms with Crippen LogP contribution in [0.25, 0.3) is 11.0 Å². The van der Waals surface area contributed by atoms with Crippen LogP contribution >= 0.6 is 11.6 Å². The van der Waals surface area contributed by atoms with Gasteiger partial charge in [0.1, 0.15) is 5.82 Å². The molecule has 2 aromatic rings. The summed E-state index contributed by atoms with van der Waals surface area (Å²) in [6.07, 6.45) is 2.23. The molecule has 1 aromatic carbocycles. The van der Waals surface area contributed by atoms with Gasteiger partial charge >= 0.3 is 0 Å². The predicted octanol–water partition coefficient (Wildman–Crippen LogP) is 4.15. The molecule has 0 aliphatic rings. The predicted molar refractivity (Wildman–Crippen MR) is 86.6 cm³/mol. The summed E-state index contributed by atoms with van der Waals surface area (Å²) in [5.41, 5.74) is 2.21. The highest BCUT2D eigenvalue weighted by Crippen LogP contribution is 2.26. The summed E-state index contributed by atoms with van der Waals surface area (Å²) in [5, 5.41) is 0.756. The third-order valence-electron chi connectivity index (χ3n) is 3.78. The van der Waals surface area contributed by atoms with E-state index in [1.54, 1.807) is 0 Å². The SMILES string of the molecule is CCC(C)c1nc2cc(Cl)ccc2n1CCCN(C)C. The minimum absolute atomic E-state index is 0.473. The molecule has 0 aliphatic heterocycles. The maximum absolute atomic E-state index is 6.08.